The van der Waals surface area contributed by atoms with Gasteiger partial charge in [-0.25, -0.2) is 4.79 Å². The van der Waals surface area contributed by atoms with Crippen molar-refractivity contribution in [2.24, 2.45) is 5.92 Å². The highest BCUT2D eigenvalue weighted by Crippen LogP contribution is 2.27. The van der Waals surface area contributed by atoms with Crippen LogP contribution < -0.4 is 15.5 Å². The maximum Gasteiger partial charge on any atom is 0.322 e. The largest absolute Gasteiger partial charge is 0.393 e. The Morgan fingerprint density at radius 1 is 1.13 bits per heavy atom. The van der Waals surface area contributed by atoms with Gasteiger partial charge in [-0.2, -0.15) is 0 Å². The Morgan fingerprint density at radius 3 is 2.13 bits per heavy atom. The number of hydrogen-bond acceptors (Lipinski definition) is 5. The predicted octanol–water partition coefficient (Wildman–Crippen LogP) is 2.66. The minimum atomic E-state index is -1.45. The maximum absolute atomic E-state index is 12.8. The number of aliphatic hydroxyl groups excluding tert-OH is 1. The van der Waals surface area contributed by atoms with Crippen LogP contribution in [-0.4, -0.2) is 66.2 Å². The Morgan fingerprint density at radius 2 is 1.68 bits per heavy atom. The molecule has 2 fully saturated rings. The molecule has 1 aromatic rings. The van der Waals surface area contributed by atoms with Gasteiger partial charge in [0.05, 0.1) is 6.61 Å². The molecule has 2 aliphatic rings. The van der Waals surface area contributed by atoms with Crippen LogP contribution in [0.1, 0.15) is 33.6 Å². The first-order chi connectivity index (χ1) is 14.7. The van der Waals surface area contributed by atoms with Crippen LogP contribution in [0, 0.1) is 5.92 Å². The topological polar surface area (TPSA) is 102 Å². The second-order valence-corrected chi connectivity index (χ2v) is 8.77. The molecule has 0 bridgehead atoms. The van der Waals surface area contributed by atoms with Crippen molar-refractivity contribution in [3.05, 3.63) is 28.2 Å². The Balaban J connectivity index is 0.00000107. The molecular formula is C21H30Cl2N4O4. The molecule has 0 aromatic heterocycles. The summed E-state index contributed by atoms with van der Waals surface area (Å²) in [7, 11) is 0. The number of hydrogen-bond donors (Lipinski definition) is 3. The van der Waals surface area contributed by atoms with E-state index in [1.807, 2.05) is 12.1 Å². The summed E-state index contributed by atoms with van der Waals surface area (Å²) in [6.45, 7) is 7.65. The lowest BCUT2D eigenvalue weighted by Crippen LogP contribution is -2.54. The van der Waals surface area contributed by atoms with E-state index < -0.39 is 30.0 Å². The molecule has 8 nitrogen and oxygen atoms in total. The smallest absolute Gasteiger partial charge is 0.322 e. The zero-order chi connectivity index (χ0) is 23.2. The highest BCUT2D eigenvalue weighted by molar-refractivity contribution is 6.35. The second-order valence-electron chi connectivity index (χ2n) is 7.90. The molecule has 2 aliphatic heterocycles. The molecule has 2 unspecified atom stereocenters. The molecule has 0 saturated carbocycles. The fraction of sp³-hybridized carbons (Fsp3) is 0.571. The second kappa shape index (κ2) is 11.0. The van der Waals surface area contributed by atoms with E-state index in [4.69, 9.17) is 23.2 Å². The summed E-state index contributed by atoms with van der Waals surface area (Å²) in [6, 6.07) is 4.68. The third-order valence-corrected chi connectivity index (χ3v) is 5.60. The van der Waals surface area contributed by atoms with Crippen molar-refractivity contribution in [2.75, 3.05) is 37.7 Å². The van der Waals surface area contributed by atoms with Crippen LogP contribution in [0.4, 0.5) is 10.5 Å². The van der Waals surface area contributed by atoms with E-state index >= 15 is 0 Å². The quantitative estimate of drug-likeness (QED) is 0.571. The standard InChI is InChI=1S/C18H22Cl2N4O4.C3H8/c1-11(9-18(10-25)16(27)21-17(28)22-18)15(26)24-4-2-23(3-5-24)14-7-12(19)6-13(20)8-14;1-3-2/h6-8,11,25H,2-5,9-10H2,1H3,(H2,21,22,27,28);3H2,1-2H3. The number of halogens is 2. The Bertz CT molecular complexity index is 794. The zero-order valence-corrected chi connectivity index (χ0v) is 19.6. The fourth-order valence-corrected chi connectivity index (χ4v) is 4.19. The summed E-state index contributed by atoms with van der Waals surface area (Å²) in [6.07, 6.45) is 1.28. The van der Waals surface area contributed by atoms with Crippen molar-refractivity contribution in [2.45, 2.75) is 39.2 Å². The van der Waals surface area contributed by atoms with Crippen LogP contribution in [0.15, 0.2) is 18.2 Å². The van der Waals surface area contributed by atoms with Crippen LogP contribution in [0.2, 0.25) is 10.0 Å². The molecule has 0 spiro atoms. The number of nitrogens with one attached hydrogen (secondary N) is 2. The predicted molar refractivity (Wildman–Crippen MR) is 121 cm³/mol. The summed E-state index contributed by atoms with van der Waals surface area (Å²) < 4.78 is 0. The molecule has 1 aromatic carbocycles. The number of benzene rings is 1. The van der Waals surface area contributed by atoms with Gasteiger partial charge in [-0.1, -0.05) is 50.4 Å². The van der Waals surface area contributed by atoms with Gasteiger partial charge in [0.2, 0.25) is 5.91 Å². The molecule has 2 atom stereocenters. The lowest BCUT2D eigenvalue weighted by molar-refractivity contribution is -0.137. The van der Waals surface area contributed by atoms with Gasteiger partial charge in [0.1, 0.15) is 5.54 Å². The first kappa shape index (κ1) is 25.2. The Labute approximate surface area is 192 Å². The van der Waals surface area contributed by atoms with E-state index in [1.54, 1.807) is 17.9 Å². The summed E-state index contributed by atoms with van der Waals surface area (Å²) in [4.78, 5) is 40.1. The molecule has 4 amide bonds. The van der Waals surface area contributed by atoms with Crippen molar-refractivity contribution >= 4 is 46.7 Å². The molecule has 3 rings (SSSR count). The van der Waals surface area contributed by atoms with Crippen LogP contribution >= 0.6 is 23.2 Å². The minimum absolute atomic E-state index is 0.0318. The van der Waals surface area contributed by atoms with Gasteiger partial charge in [-0.15, -0.1) is 0 Å². The van der Waals surface area contributed by atoms with E-state index in [1.165, 1.54) is 6.42 Å². The lowest BCUT2D eigenvalue weighted by atomic mass is 9.88. The van der Waals surface area contributed by atoms with E-state index in [9.17, 15) is 19.5 Å². The Kier molecular flexibility index (Phi) is 8.97. The third kappa shape index (κ3) is 6.24. The van der Waals surface area contributed by atoms with Gasteiger partial charge in [-0.3, -0.25) is 14.9 Å². The first-order valence-corrected chi connectivity index (χ1v) is 11.2. The van der Waals surface area contributed by atoms with Gasteiger partial charge < -0.3 is 20.2 Å². The molecule has 31 heavy (non-hydrogen) atoms. The average molecular weight is 473 g/mol. The molecule has 10 heteroatoms. The van der Waals surface area contributed by atoms with Crippen LogP contribution in [-0.2, 0) is 9.59 Å². The highest BCUT2D eigenvalue weighted by Gasteiger charge is 2.47. The molecule has 3 N–H and O–H groups in total. The number of anilines is 1. The fourth-order valence-electron chi connectivity index (χ4n) is 3.68. The lowest BCUT2D eigenvalue weighted by Gasteiger charge is -2.38. The van der Waals surface area contributed by atoms with Crippen LogP contribution in [0.5, 0.6) is 0 Å². The van der Waals surface area contributed by atoms with Crippen LogP contribution in [0.3, 0.4) is 0 Å². The van der Waals surface area contributed by atoms with Gasteiger partial charge in [0, 0.05) is 47.8 Å². The highest BCUT2D eigenvalue weighted by atomic mass is 35.5. The minimum Gasteiger partial charge on any atom is -0.393 e. The summed E-state index contributed by atoms with van der Waals surface area (Å²) in [5.41, 5.74) is -0.548. The van der Waals surface area contributed by atoms with E-state index in [0.717, 1.165) is 5.69 Å². The van der Waals surface area contributed by atoms with Crippen molar-refractivity contribution in [1.82, 2.24) is 15.5 Å². The van der Waals surface area contributed by atoms with Crippen molar-refractivity contribution in [3.63, 3.8) is 0 Å². The van der Waals surface area contributed by atoms with Crippen molar-refractivity contribution in [1.29, 1.82) is 0 Å². The monoisotopic (exact) mass is 472 g/mol. The summed E-state index contributed by atoms with van der Waals surface area (Å²) >= 11 is 12.1. The number of carbonyl (C=O) groups excluding carboxylic acids is 3. The van der Waals surface area contributed by atoms with E-state index in [-0.39, 0.29) is 12.3 Å². The molecule has 2 saturated heterocycles. The molecule has 0 radical (unpaired) electrons. The van der Waals surface area contributed by atoms with E-state index in [0.29, 0.717) is 36.2 Å². The number of aliphatic hydroxyl groups is 1. The molecule has 172 valence electrons. The van der Waals surface area contributed by atoms with Crippen molar-refractivity contribution in [3.8, 4) is 0 Å². The van der Waals surface area contributed by atoms with Gasteiger partial charge in [0.25, 0.3) is 5.91 Å². The normalized spacial score (nSPS) is 21.7. The number of urea groups is 1. The molecular weight excluding hydrogens is 443 g/mol. The van der Waals surface area contributed by atoms with Gasteiger partial charge in [0.15, 0.2) is 0 Å². The van der Waals surface area contributed by atoms with Crippen LogP contribution in [0.25, 0.3) is 0 Å². The molecule has 0 aliphatic carbocycles. The number of carbonyl (C=O) groups is 3. The van der Waals surface area contributed by atoms with E-state index in [2.05, 4.69) is 29.4 Å². The number of imide groups is 1. The Hall–Kier alpha value is -2.03. The zero-order valence-electron chi connectivity index (χ0n) is 18.1. The average Bonchev–Trinajstić information content (AvgIpc) is 3.00. The SMILES string of the molecule is CC(CC1(CO)NC(=O)NC1=O)C(=O)N1CCN(c2cc(Cl)cc(Cl)c2)CC1.CCC. The summed E-state index contributed by atoms with van der Waals surface area (Å²) in [5, 5.41) is 15.3. The summed E-state index contributed by atoms with van der Waals surface area (Å²) in [5.74, 6) is -1.27. The number of nitrogens with zero attached hydrogens (tertiary/aromatic N) is 2. The maximum atomic E-state index is 12.8. The van der Waals surface area contributed by atoms with Gasteiger partial charge in [-0.05, 0) is 24.6 Å². The molecule has 2 heterocycles. The number of amides is 4. The van der Waals surface area contributed by atoms with Gasteiger partial charge >= 0.3 is 6.03 Å². The van der Waals surface area contributed by atoms with Crippen molar-refractivity contribution < 1.29 is 19.5 Å². The first-order valence-electron chi connectivity index (χ1n) is 10.4. The number of piperazine rings is 1. The number of rotatable bonds is 5. The third-order valence-electron chi connectivity index (χ3n) is 5.16.